The van der Waals surface area contributed by atoms with E-state index in [1.54, 1.807) is 18.2 Å². The molecule has 0 saturated carbocycles. The number of imide groups is 1. The molecule has 2 amide bonds. The molecule has 1 aliphatic heterocycles. The normalized spacial score (nSPS) is 14.4. The van der Waals surface area contributed by atoms with Gasteiger partial charge in [0.15, 0.2) is 0 Å². The molecule has 0 fully saturated rings. The van der Waals surface area contributed by atoms with Gasteiger partial charge in [-0.1, -0.05) is 0 Å². The van der Waals surface area contributed by atoms with Crippen molar-refractivity contribution in [3.8, 4) is 0 Å². The summed E-state index contributed by atoms with van der Waals surface area (Å²) >= 11 is 0. The third-order valence-corrected chi connectivity index (χ3v) is 4.02. The van der Waals surface area contributed by atoms with Crippen LogP contribution in [0.3, 0.4) is 0 Å². The fraction of sp³-hybridized carbons (Fsp3) is 0.500. The molecule has 0 unspecified atom stereocenters. The van der Waals surface area contributed by atoms with Gasteiger partial charge in [0.25, 0.3) is 11.8 Å². The van der Waals surface area contributed by atoms with E-state index < -0.39 is 0 Å². The van der Waals surface area contributed by atoms with Crippen molar-refractivity contribution in [2.45, 2.75) is 32.7 Å². The smallest absolute Gasteiger partial charge is 0.261 e. The molecule has 0 bridgehead atoms. The van der Waals surface area contributed by atoms with Crippen molar-refractivity contribution in [3.63, 3.8) is 0 Å². The maximum atomic E-state index is 12.2. The maximum Gasteiger partial charge on any atom is 0.261 e. The fourth-order valence-corrected chi connectivity index (χ4v) is 2.40. The van der Waals surface area contributed by atoms with Crippen LogP contribution in [0.1, 0.15) is 47.4 Å². The molecular formula is C16H23N3O2. The molecule has 2 N–H and O–H groups in total. The molecular weight excluding hydrogens is 266 g/mol. The Labute approximate surface area is 125 Å². The van der Waals surface area contributed by atoms with Gasteiger partial charge in [-0.2, -0.15) is 0 Å². The first-order valence-corrected chi connectivity index (χ1v) is 7.37. The zero-order valence-electron chi connectivity index (χ0n) is 12.9. The lowest BCUT2D eigenvalue weighted by atomic mass is 10.1. The molecule has 5 heteroatoms. The molecule has 1 aliphatic rings. The summed E-state index contributed by atoms with van der Waals surface area (Å²) in [7, 11) is 2.08. The van der Waals surface area contributed by atoms with Gasteiger partial charge in [0, 0.05) is 18.3 Å². The summed E-state index contributed by atoms with van der Waals surface area (Å²) in [6.45, 7) is 5.73. The van der Waals surface area contributed by atoms with Crippen LogP contribution in [-0.2, 0) is 0 Å². The number of unbranched alkanes of at least 4 members (excludes halogenated alkanes) is 1. The number of benzene rings is 1. The molecule has 0 radical (unpaired) electrons. The summed E-state index contributed by atoms with van der Waals surface area (Å²) in [6, 6.07) is 5.39. The highest BCUT2D eigenvalue weighted by Gasteiger charge is 2.34. The zero-order chi connectivity index (χ0) is 15.6. The van der Waals surface area contributed by atoms with E-state index in [-0.39, 0.29) is 11.8 Å². The van der Waals surface area contributed by atoms with Crippen molar-refractivity contribution in [2.24, 2.45) is 0 Å². The number of nitrogen functional groups attached to an aromatic ring is 1. The van der Waals surface area contributed by atoms with Crippen LogP contribution < -0.4 is 5.73 Å². The number of anilines is 1. The van der Waals surface area contributed by atoms with E-state index in [4.69, 9.17) is 5.73 Å². The molecule has 2 rings (SSSR count). The van der Waals surface area contributed by atoms with Crippen molar-refractivity contribution in [3.05, 3.63) is 29.3 Å². The lowest BCUT2D eigenvalue weighted by Crippen LogP contribution is -2.32. The minimum absolute atomic E-state index is 0.202. The fourth-order valence-electron chi connectivity index (χ4n) is 2.40. The second-order valence-corrected chi connectivity index (χ2v) is 5.85. The van der Waals surface area contributed by atoms with Crippen LogP contribution in [-0.4, -0.2) is 47.8 Å². The van der Waals surface area contributed by atoms with Gasteiger partial charge in [0.1, 0.15) is 0 Å². The number of fused-ring (bicyclic) bond motifs is 1. The summed E-state index contributed by atoms with van der Waals surface area (Å²) in [5, 5.41) is 0. The van der Waals surface area contributed by atoms with E-state index in [1.165, 1.54) is 4.90 Å². The number of nitrogens with zero attached hydrogens (tertiary/aromatic N) is 2. The van der Waals surface area contributed by atoms with Crippen molar-refractivity contribution < 1.29 is 9.59 Å². The summed E-state index contributed by atoms with van der Waals surface area (Å²) < 4.78 is 0. The van der Waals surface area contributed by atoms with E-state index in [9.17, 15) is 9.59 Å². The highest BCUT2D eigenvalue weighted by Crippen LogP contribution is 2.25. The Balaban J connectivity index is 1.92. The number of nitrogens with two attached hydrogens (primary N) is 1. The van der Waals surface area contributed by atoms with Crippen molar-refractivity contribution >= 4 is 17.5 Å². The van der Waals surface area contributed by atoms with Gasteiger partial charge in [-0.25, -0.2) is 0 Å². The van der Waals surface area contributed by atoms with Crippen molar-refractivity contribution in [2.75, 3.05) is 25.9 Å². The zero-order valence-corrected chi connectivity index (χ0v) is 12.9. The van der Waals surface area contributed by atoms with E-state index >= 15 is 0 Å². The highest BCUT2D eigenvalue weighted by molar-refractivity contribution is 6.21. The first-order valence-electron chi connectivity index (χ1n) is 7.37. The Morgan fingerprint density at radius 2 is 1.81 bits per heavy atom. The standard InChI is InChI=1S/C16H23N3O2/c1-11(2)18(3)8-4-5-9-19-15(20)13-7-6-12(17)10-14(13)16(19)21/h6-7,10-11H,4-5,8-9,17H2,1-3H3. The molecule has 0 aliphatic carbocycles. The molecule has 1 heterocycles. The number of hydrogen-bond acceptors (Lipinski definition) is 4. The van der Waals surface area contributed by atoms with Gasteiger partial charge < -0.3 is 10.6 Å². The largest absolute Gasteiger partial charge is 0.399 e. The SMILES string of the molecule is CC(C)N(C)CCCCN1C(=O)c2ccc(N)cc2C1=O. The van der Waals surface area contributed by atoms with Crippen LogP contribution in [0, 0.1) is 0 Å². The quantitative estimate of drug-likeness (QED) is 0.494. The van der Waals surface area contributed by atoms with Gasteiger partial charge in [-0.3, -0.25) is 14.5 Å². The molecule has 1 aromatic rings. The third kappa shape index (κ3) is 3.24. The molecule has 0 atom stereocenters. The van der Waals surface area contributed by atoms with Crippen LogP contribution in [0.4, 0.5) is 5.69 Å². The Bertz CT molecular complexity index is 554. The Hall–Kier alpha value is -1.88. The summed E-state index contributed by atoms with van der Waals surface area (Å²) in [4.78, 5) is 28.0. The predicted molar refractivity (Wildman–Crippen MR) is 83.2 cm³/mol. The van der Waals surface area contributed by atoms with Crippen LogP contribution in [0.2, 0.25) is 0 Å². The van der Waals surface area contributed by atoms with E-state index in [1.807, 2.05) is 0 Å². The summed E-state index contributed by atoms with van der Waals surface area (Å²) in [5.41, 5.74) is 7.09. The van der Waals surface area contributed by atoms with Crippen LogP contribution >= 0.6 is 0 Å². The van der Waals surface area contributed by atoms with Gasteiger partial charge in [0.05, 0.1) is 11.1 Å². The van der Waals surface area contributed by atoms with Gasteiger partial charge in [-0.05, 0) is 58.5 Å². The Morgan fingerprint density at radius 3 is 2.48 bits per heavy atom. The molecule has 1 aromatic carbocycles. The number of carbonyl (C=O) groups excluding carboxylic acids is 2. The van der Waals surface area contributed by atoms with Crippen LogP contribution in [0.15, 0.2) is 18.2 Å². The monoisotopic (exact) mass is 289 g/mol. The van der Waals surface area contributed by atoms with Crippen LogP contribution in [0.5, 0.6) is 0 Å². The molecule has 114 valence electrons. The average molecular weight is 289 g/mol. The second kappa shape index (κ2) is 6.26. The van der Waals surface area contributed by atoms with Gasteiger partial charge in [0.2, 0.25) is 0 Å². The van der Waals surface area contributed by atoms with E-state index in [2.05, 4.69) is 25.8 Å². The molecule has 0 spiro atoms. The average Bonchev–Trinajstić information content (AvgIpc) is 2.67. The first-order chi connectivity index (χ1) is 9.91. The molecule has 5 nitrogen and oxygen atoms in total. The van der Waals surface area contributed by atoms with Gasteiger partial charge >= 0.3 is 0 Å². The minimum atomic E-state index is -0.223. The maximum absolute atomic E-state index is 12.2. The van der Waals surface area contributed by atoms with Crippen LogP contribution in [0.25, 0.3) is 0 Å². The topological polar surface area (TPSA) is 66.6 Å². The Kier molecular flexibility index (Phi) is 4.63. The molecule has 21 heavy (non-hydrogen) atoms. The van der Waals surface area contributed by atoms with Crippen molar-refractivity contribution in [1.82, 2.24) is 9.80 Å². The lowest BCUT2D eigenvalue weighted by Gasteiger charge is -2.21. The van der Waals surface area contributed by atoms with Gasteiger partial charge in [-0.15, -0.1) is 0 Å². The second-order valence-electron chi connectivity index (χ2n) is 5.85. The summed E-state index contributed by atoms with van der Waals surface area (Å²) in [5.74, 6) is -0.424. The van der Waals surface area contributed by atoms with E-state index in [0.29, 0.717) is 29.4 Å². The number of amides is 2. The lowest BCUT2D eigenvalue weighted by molar-refractivity contribution is 0.0650. The number of hydrogen-bond donors (Lipinski definition) is 1. The first kappa shape index (κ1) is 15.5. The minimum Gasteiger partial charge on any atom is -0.399 e. The Morgan fingerprint density at radius 1 is 1.14 bits per heavy atom. The number of rotatable bonds is 6. The highest BCUT2D eigenvalue weighted by atomic mass is 16.2. The van der Waals surface area contributed by atoms with E-state index in [0.717, 1.165) is 19.4 Å². The predicted octanol–water partition coefficient (Wildman–Crippen LogP) is 1.99. The molecule has 0 saturated heterocycles. The number of carbonyl (C=O) groups is 2. The molecule has 0 aromatic heterocycles. The summed E-state index contributed by atoms with van der Waals surface area (Å²) in [6.07, 6.45) is 1.78. The third-order valence-electron chi connectivity index (χ3n) is 4.02. The van der Waals surface area contributed by atoms with Crippen molar-refractivity contribution in [1.29, 1.82) is 0 Å².